The van der Waals surface area contributed by atoms with E-state index in [0.29, 0.717) is 0 Å². The average Bonchev–Trinajstić information content (AvgIpc) is 2.59. The molecule has 2 aliphatic rings. The zero-order chi connectivity index (χ0) is 13.4. The summed E-state index contributed by atoms with van der Waals surface area (Å²) < 4.78 is 0. The Bertz CT molecular complexity index is 468. The minimum atomic E-state index is -0.260. The number of nitrogens with zero attached hydrogens (tertiary/aromatic N) is 1. The van der Waals surface area contributed by atoms with E-state index < -0.39 is 0 Å². The molecule has 2 N–H and O–H groups in total. The number of nitrogens with one attached hydrogen (secondary N) is 1. The van der Waals surface area contributed by atoms with Crippen molar-refractivity contribution < 1.29 is 10.0 Å². The fourth-order valence-corrected chi connectivity index (χ4v) is 3.69. The van der Waals surface area contributed by atoms with Crippen molar-refractivity contribution >= 4 is 23.2 Å². The number of para-hydroxylation sites is 1. The van der Waals surface area contributed by atoms with Crippen LogP contribution in [0.15, 0.2) is 30.3 Å². The fraction of sp³-hybridized carbons (Fsp3) is 0.500. The number of amides is 1. The Balaban J connectivity index is 1.73. The monoisotopic (exact) mass is 280 g/mol. The van der Waals surface area contributed by atoms with Crippen LogP contribution in [0.5, 0.6) is 0 Å². The van der Waals surface area contributed by atoms with Gasteiger partial charge >= 0.3 is 0 Å². The molecule has 1 aromatic rings. The van der Waals surface area contributed by atoms with Crippen LogP contribution in [0, 0.1) is 5.92 Å². The Morgan fingerprint density at radius 2 is 2.05 bits per heavy atom. The lowest BCUT2D eigenvalue weighted by Gasteiger charge is -2.35. The lowest BCUT2D eigenvalue weighted by molar-refractivity contribution is -0.169. The predicted molar refractivity (Wildman–Crippen MR) is 73.3 cm³/mol. The van der Waals surface area contributed by atoms with Gasteiger partial charge in [-0.2, -0.15) is 5.06 Å². The van der Waals surface area contributed by atoms with Crippen molar-refractivity contribution in [1.29, 1.82) is 0 Å². The van der Waals surface area contributed by atoms with Crippen molar-refractivity contribution in [3.05, 3.63) is 30.3 Å². The van der Waals surface area contributed by atoms with Crippen LogP contribution in [0.3, 0.4) is 0 Å². The van der Waals surface area contributed by atoms with Crippen LogP contribution in [-0.2, 0) is 4.79 Å². The standard InChI is InChI=1S/C14H17ClN2O2/c15-12-8-10-6-7-11(13(12)17(10)19)14(18)16-9-4-2-1-3-5-9/h1-5,10-13,19H,6-8H2,(H,16,18). The zero-order valence-corrected chi connectivity index (χ0v) is 11.3. The molecule has 5 heteroatoms. The van der Waals surface area contributed by atoms with Crippen molar-refractivity contribution in [3.63, 3.8) is 0 Å². The van der Waals surface area contributed by atoms with E-state index in [1.165, 1.54) is 5.06 Å². The van der Waals surface area contributed by atoms with Crippen molar-refractivity contribution in [2.75, 3.05) is 5.32 Å². The molecule has 2 aliphatic heterocycles. The predicted octanol–water partition coefficient (Wildman–Crippen LogP) is 2.47. The molecular formula is C14H17ClN2O2. The van der Waals surface area contributed by atoms with E-state index in [0.717, 1.165) is 24.9 Å². The molecule has 0 aromatic heterocycles. The van der Waals surface area contributed by atoms with Gasteiger partial charge in [-0.1, -0.05) is 18.2 Å². The number of benzene rings is 1. The van der Waals surface area contributed by atoms with E-state index >= 15 is 0 Å². The van der Waals surface area contributed by atoms with E-state index in [1.54, 1.807) is 0 Å². The summed E-state index contributed by atoms with van der Waals surface area (Å²) in [6.45, 7) is 0. The van der Waals surface area contributed by atoms with Gasteiger partial charge in [-0.25, -0.2) is 0 Å². The first-order chi connectivity index (χ1) is 9.16. The van der Waals surface area contributed by atoms with Crippen LogP contribution in [0.25, 0.3) is 0 Å². The second-order valence-corrected chi connectivity index (χ2v) is 5.88. The quantitative estimate of drug-likeness (QED) is 0.819. The summed E-state index contributed by atoms with van der Waals surface area (Å²) in [5.74, 6) is -0.298. The van der Waals surface area contributed by atoms with Gasteiger partial charge in [0.1, 0.15) is 0 Å². The maximum Gasteiger partial charge on any atom is 0.229 e. The summed E-state index contributed by atoms with van der Waals surface area (Å²) in [5, 5.41) is 14.1. The van der Waals surface area contributed by atoms with Crippen molar-refractivity contribution in [3.8, 4) is 0 Å². The summed E-state index contributed by atoms with van der Waals surface area (Å²) in [5.41, 5.74) is 0.781. The van der Waals surface area contributed by atoms with Crippen LogP contribution in [0.1, 0.15) is 19.3 Å². The third-order valence-corrected chi connectivity index (χ3v) is 4.58. The summed E-state index contributed by atoms with van der Waals surface area (Å²) in [6, 6.07) is 9.23. The summed E-state index contributed by atoms with van der Waals surface area (Å²) >= 11 is 6.27. The molecule has 2 heterocycles. The molecule has 4 atom stereocenters. The van der Waals surface area contributed by atoms with Gasteiger partial charge in [-0.15, -0.1) is 11.6 Å². The van der Waals surface area contributed by atoms with Gasteiger partial charge in [0, 0.05) is 11.7 Å². The lowest BCUT2D eigenvalue weighted by Crippen LogP contribution is -2.48. The molecule has 3 rings (SSSR count). The Morgan fingerprint density at radius 1 is 1.32 bits per heavy atom. The molecular weight excluding hydrogens is 264 g/mol. The smallest absolute Gasteiger partial charge is 0.229 e. The largest absolute Gasteiger partial charge is 0.326 e. The van der Waals surface area contributed by atoms with E-state index in [9.17, 15) is 10.0 Å². The number of alkyl halides is 1. The third-order valence-electron chi connectivity index (χ3n) is 4.15. The number of piperidine rings is 1. The van der Waals surface area contributed by atoms with Crippen LogP contribution in [0.4, 0.5) is 5.69 Å². The minimum Gasteiger partial charge on any atom is -0.326 e. The molecule has 4 nitrogen and oxygen atoms in total. The highest BCUT2D eigenvalue weighted by Crippen LogP contribution is 2.40. The maximum absolute atomic E-state index is 12.3. The van der Waals surface area contributed by atoms with Gasteiger partial charge in [0.25, 0.3) is 0 Å². The van der Waals surface area contributed by atoms with Gasteiger partial charge in [-0.05, 0) is 31.4 Å². The number of halogens is 1. The molecule has 0 spiro atoms. The molecule has 0 aliphatic carbocycles. The maximum atomic E-state index is 12.3. The number of hydrogen-bond acceptors (Lipinski definition) is 3. The van der Waals surface area contributed by atoms with E-state index in [4.69, 9.17) is 11.6 Å². The molecule has 0 radical (unpaired) electrons. The molecule has 2 saturated heterocycles. The molecule has 2 fully saturated rings. The van der Waals surface area contributed by atoms with Gasteiger partial charge in [0.05, 0.1) is 17.3 Å². The van der Waals surface area contributed by atoms with E-state index in [2.05, 4.69) is 5.32 Å². The number of anilines is 1. The second-order valence-electron chi connectivity index (χ2n) is 5.32. The van der Waals surface area contributed by atoms with Gasteiger partial charge in [0.2, 0.25) is 5.91 Å². The normalized spacial score (nSPS) is 34.2. The Hall–Kier alpha value is -1.10. The highest BCUT2D eigenvalue weighted by atomic mass is 35.5. The van der Waals surface area contributed by atoms with Gasteiger partial charge in [0.15, 0.2) is 0 Å². The molecule has 0 saturated carbocycles. The molecule has 102 valence electrons. The molecule has 19 heavy (non-hydrogen) atoms. The second kappa shape index (κ2) is 5.12. The number of fused-ring (bicyclic) bond motifs is 2. The van der Waals surface area contributed by atoms with Crippen LogP contribution in [-0.4, -0.2) is 33.6 Å². The van der Waals surface area contributed by atoms with Crippen molar-refractivity contribution in [2.45, 2.75) is 36.7 Å². The Kier molecular flexibility index (Phi) is 3.48. The first-order valence-corrected chi connectivity index (χ1v) is 7.07. The van der Waals surface area contributed by atoms with Gasteiger partial charge < -0.3 is 10.5 Å². The van der Waals surface area contributed by atoms with Crippen LogP contribution in [0.2, 0.25) is 0 Å². The van der Waals surface area contributed by atoms with Crippen LogP contribution >= 0.6 is 11.6 Å². The minimum absolute atomic E-state index is 0.0544. The Labute approximate surface area is 117 Å². The summed E-state index contributed by atoms with van der Waals surface area (Å²) in [4.78, 5) is 12.3. The highest BCUT2D eigenvalue weighted by molar-refractivity contribution is 6.21. The lowest BCUT2D eigenvalue weighted by atomic mass is 9.90. The van der Waals surface area contributed by atoms with Crippen molar-refractivity contribution in [1.82, 2.24) is 5.06 Å². The summed E-state index contributed by atoms with van der Waals surface area (Å²) in [7, 11) is 0. The first-order valence-electron chi connectivity index (χ1n) is 6.64. The molecule has 1 amide bonds. The third kappa shape index (κ3) is 2.36. The number of rotatable bonds is 2. The number of hydrogen-bond donors (Lipinski definition) is 2. The Morgan fingerprint density at radius 3 is 2.79 bits per heavy atom. The number of carbonyl (C=O) groups is 1. The zero-order valence-electron chi connectivity index (χ0n) is 10.5. The topological polar surface area (TPSA) is 52.6 Å². The van der Waals surface area contributed by atoms with Crippen molar-refractivity contribution in [2.24, 2.45) is 5.92 Å². The number of hydroxylamine groups is 2. The van der Waals surface area contributed by atoms with E-state index in [1.807, 2.05) is 30.3 Å². The molecule has 2 bridgehead atoms. The summed E-state index contributed by atoms with van der Waals surface area (Å²) in [6.07, 6.45) is 2.37. The fourth-order valence-electron chi connectivity index (χ4n) is 3.19. The first kappa shape index (κ1) is 12.9. The van der Waals surface area contributed by atoms with Crippen LogP contribution < -0.4 is 5.32 Å². The number of carbonyl (C=O) groups excluding carboxylic acids is 1. The molecule has 4 unspecified atom stereocenters. The highest BCUT2D eigenvalue weighted by Gasteiger charge is 2.49. The average molecular weight is 281 g/mol. The van der Waals surface area contributed by atoms with E-state index in [-0.39, 0.29) is 29.3 Å². The van der Waals surface area contributed by atoms with Gasteiger partial charge in [-0.3, -0.25) is 4.79 Å². The SMILES string of the molecule is O=C(Nc1ccccc1)C1CCC2CC(Cl)C1N2O. The molecule has 1 aromatic carbocycles.